The number of para-hydroxylation sites is 8. The van der Waals surface area contributed by atoms with Crippen molar-refractivity contribution in [2.24, 2.45) is 5.92 Å². The van der Waals surface area contributed by atoms with Gasteiger partial charge in [-0.15, -0.1) is 6.58 Å². The largest absolute Gasteiger partial charge is 0.489 e. The highest BCUT2D eigenvalue weighted by molar-refractivity contribution is 6.71. The SMILES string of the molecule is C=C[Si](C)(OC(COc1ccccc1OCC1CC1)COc1ccccc1OCC1CO1)OC(COc1ccccc1OCC1CO1)COc1ccccc1OCC1CO1. The van der Waals surface area contributed by atoms with Crippen molar-refractivity contribution in [1.29, 1.82) is 0 Å². The van der Waals surface area contributed by atoms with Crippen LogP contribution in [0, 0.1) is 5.92 Å². The van der Waals surface area contributed by atoms with Crippen LogP contribution in [0.4, 0.5) is 0 Å². The van der Waals surface area contributed by atoms with Crippen molar-refractivity contribution >= 4 is 8.56 Å². The molecule has 4 aromatic rings. The number of rotatable bonds is 29. The Morgan fingerprint density at radius 1 is 0.483 bits per heavy atom. The topological polar surface area (TPSA) is 130 Å². The van der Waals surface area contributed by atoms with Crippen LogP contribution in [0.25, 0.3) is 0 Å². The molecule has 4 aromatic carbocycles. The lowest BCUT2D eigenvalue weighted by atomic mass is 10.3. The third-order valence-corrected chi connectivity index (χ3v) is 12.3. The Hall–Kier alpha value is -4.96. The standard InChI is InChI=1S/C46H54O13Si/c1-3-60(2,58-37(29-54-40-13-5-4-12-39(40)50-22-33-20-21-33)30-55-44-17-9-6-14-41(44)51-26-34-23-47-34)59-38(31-56-45-18-10-7-15-42(45)52-27-35-24-48-35)32-57-46-19-11-8-16-43(46)53-28-36-25-49-36/h3-19,33-38H,1,20-32H2,2H3. The van der Waals surface area contributed by atoms with Crippen LogP contribution >= 0.6 is 0 Å². The Morgan fingerprint density at radius 3 is 1.00 bits per heavy atom. The maximum Gasteiger partial charge on any atom is 0.362 e. The van der Waals surface area contributed by atoms with Gasteiger partial charge < -0.3 is 61.0 Å². The zero-order valence-electron chi connectivity index (χ0n) is 34.0. The molecule has 320 valence electrons. The average molecular weight is 843 g/mol. The molecule has 14 heteroatoms. The van der Waals surface area contributed by atoms with E-state index < -0.39 is 20.8 Å². The van der Waals surface area contributed by atoms with Gasteiger partial charge in [0.15, 0.2) is 46.0 Å². The van der Waals surface area contributed by atoms with Crippen molar-refractivity contribution in [2.75, 3.05) is 72.7 Å². The third-order valence-electron chi connectivity index (χ3n) is 9.92. The van der Waals surface area contributed by atoms with E-state index in [9.17, 15) is 0 Å². The van der Waals surface area contributed by atoms with Crippen molar-refractivity contribution in [1.82, 2.24) is 0 Å². The van der Waals surface area contributed by atoms with Crippen LogP contribution in [0.2, 0.25) is 6.55 Å². The molecule has 5 unspecified atom stereocenters. The Morgan fingerprint density at radius 2 is 0.750 bits per heavy atom. The maximum atomic E-state index is 6.91. The molecule has 5 atom stereocenters. The molecule has 1 aliphatic carbocycles. The molecule has 3 aliphatic heterocycles. The second-order valence-corrected chi connectivity index (χ2v) is 18.2. The van der Waals surface area contributed by atoms with E-state index in [0.717, 1.165) is 0 Å². The highest BCUT2D eigenvalue weighted by Gasteiger charge is 2.37. The minimum Gasteiger partial charge on any atom is -0.489 e. The van der Waals surface area contributed by atoms with Gasteiger partial charge in [-0.2, -0.15) is 0 Å². The van der Waals surface area contributed by atoms with Gasteiger partial charge in [0, 0.05) is 0 Å². The summed E-state index contributed by atoms with van der Waals surface area (Å²) in [5.74, 6) is 5.43. The summed E-state index contributed by atoms with van der Waals surface area (Å²) in [6, 6.07) is 30.3. The highest BCUT2D eigenvalue weighted by atomic mass is 28.4. The lowest BCUT2D eigenvalue weighted by Crippen LogP contribution is -2.49. The van der Waals surface area contributed by atoms with E-state index in [2.05, 4.69) is 6.58 Å². The van der Waals surface area contributed by atoms with Gasteiger partial charge in [-0.3, -0.25) is 0 Å². The second kappa shape index (κ2) is 20.5. The van der Waals surface area contributed by atoms with E-state index in [1.165, 1.54) is 12.8 Å². The quantitative estimate of drug-likeness (QED) is 0.0412. The number of epoxide rings is 3. The molecule has 13 nitrogen and oxygen atoms in total. The van der Waals surface area contributed by atoms with Crippen LogP contribution in [0.15, 0.2) is 109 Å². The first-order valence-electron chi connectivity index (χ1n) is 20.7. The lowest BCUT2D eigenvalue weighted by Gasteiger charge is -2.33. The van der Waals surface area contributed by atoms with Crippen molar-refractivity contribution in [3.8, 4) is 46.0 Å². The summed E-state index contributed by atoms with van der Waals surface area (Å²) < 4.78 is 79.8. The molecule has 4 fully saturated rings. The first kappa shape index (κ1) is 41.8. The minimum atomic E-state index is -3.27. The molecule has 0 bridgehead atoms. The van der Waals surface area contributed by atoms with Crippen LogP contribution in [0.3, 0.4) is 0 Å². The van der Waals surface area contributed by atoms with Crippen LogP contribution in [-0.4, -0.2) is 112 Å². The first-order chi connectivity index (χ1) is 29.5. The fourth-order valence-corrected chi connectivity index (χ4v) is 7.88. The monoisotopic (exact) mass is 842 g/mol. The van der Waals surface area contributed by atoms with E-state index in [-0.39, 0.29) is 44.7 Å². The molecule has 0 N–H and O–H groups in total. The number of ether oxygens (including phenoxy) is 11. The van der Waals surface area contributed by atoms with Crippen LogP contribution in [0.1, 0.15) is 12.8 Å². The zero-order chi connectivity index (χ0) is 41.0. The van der Waals surface area contributed by atoms with E-state index in [1.807, 2.05) is 104 Å². The van der Waals surface area contributed by atoms with E-state index in [4.69, 9.17) is 61.0 Å². The lowest BCUT2D eigenvalue weighted by molar-refractivity contribution is 0.0107. The smallest absolute Gasteiger partial charge is 0.362 e. The van der Waals surface area contributed by atoms with Gasteiger partial charge in [-0.05, 0) is 79.5 Å². The molecule has 3 saturated heterocycles. The molecule has 60 heavy (non-hydrogen) atoms. The molecule has 0 radical (unpaired) electrons. The molecule has 0 spiro atoms. The van der Waals surface area contributed by atoms with Crippen LogP contribution < -0.4 is 37.9 Å². The van der Waals surface area contributed by atoms with Gasteiger partial charge >= 0.3 is 8.56 Å². The third kappa shape index (κ3) is 13.3. The second-order valence-electron chi connectivity index (χ2n) is 15.3. The maximum absolute atomic E-state index is 6.91. The molecule has 0 amide bonds. The van der Waals surface area contributed by atoms with Crippen molar-refractivity contribution in [3.63, 3.8) is 0 Å². The fraction of sp³-hybridized carbons (Fsp3) is 0.435. The average Bonchev–Trinajstić information content (AvgIpc) is 4.06. The summed E-state index contributed by atoms with van der Waals surface area (Å²) in [4.78, 5) is 0. The molecular weight excluding hydrogens is 789 g/mol. The molecular formula is C46H54O13Si. The van der Waals surface area contributed by atoms with E-state index in [1.54, 1.807) is 5.70 Å². The summed E-state index contributed by atoms with van der Waals surface area (Å²) >= 11 is 0. The number of hydrogen-bond donors (Lipinski definition) is 0. The number of benzene rings is 4. The fourth-order valence-electron chi connectivity index (χ4n) is 6.04. The molecule has 3 heterocycles. The van der Waals surface area contributed by atoms with Crippen molar-refractivity contribution < 1.29 is 61.0 Å². The van der Waals surface area contributed by atoms with Gasteiger partial charge in [0.25, 0.3) is 0 Å². The Bertz CT molecular complexity index is 1700. The summed E-state index contributed by atoms with van der Waals surface area (Å²) in [6.45, 7) is 10.6. The van der Waals surface area contributed by atoms with Gasteiger partial charge in [0.1, 0.15) is 76.8 Å². The summed E-state index contributed by atoms with van der Waals surface area (Å²) in [7, 11) is -3.27. The predicted molar refractivity (Wildman–Crippen MR) is 223 cm³/mol. The minimum absolute atomic E-state index is 0.0933. The predicted octanol–water partition coefficient (Wildman–Crippen LogP) is 6.99. The Kier molecular flexibility index (Phi) is 14.3. The Balaban J connectivity index is 0.989. The van der Waals surface area contributed by atoms with Gasteiger partial charge in [0.2, 0.25) is 0 Å². The molecule has 4 aliphatic rings. The Labute approximate surface area is 352 Å². The molecule has 1 saturated carbocycles. The highest BCUT2D eigenvalue weighted by Crippen LogP contribution is 2.34. The summed E-state index contributed by atoms with van der Waals surface area (Å²) in [5, 5.41) is 0. The van der Waals surface area contributed by atoms with Gasteiger partial charge in [-0.1, -0.05) is 48.5 Å². The van der Waals surface area contributed by atoms with E-state index in [0.29, 0.717) is 98.2 Å². The van der Waals surface area contributed by atoms with E-state index >= 15 is 0 Å². The van der Waals surface area contributed by atoms with Crippen molar-refractivity contribution in [2.45, 2.75) is 49.9 Å². The molecule has 0 aromatic heterocycles. The zero-order valence-corrected chi connectivity index (χ0v) is 35.0. The van der Waals surface area contributed by atoms with Crippen LogP contribution in [0.5, 0.6) is 46.0 Å². The number of hydrogen-bond acceptors (Lipinski definition) is 13. The summed E-state index contributed by atoms with van der Waals surface area (Å²) in [5.41, 5.74) is 1.74. The summed E-state index contributed by atoms with van der Waals surface area (Å²) in [6.07, 6.45) is 1.41. The first-order valence-corrected chi connectivity index (χ1v) is 23.1. The molecule has 8 rings (SSSR count). The van der Waals surface area contributed by atoms with Crippen molar-refractivity contribution in [3.05, 3.63) is 109 Å². The van der Waals surface area contributed by atoms with Gasteiger partial charge in [0.05, 0.1) is 26.4 Å². The van der Waals surface area contributed by atoms with Gasteiger partial charge in [-0.25, -0.2) is 0 Å². The van der Waals surface area contributed by atoms with Crippen LogP contribution in [-0.2, 0) is 23.1 Å². The normalized spacial score (nSPS) is 20.7.